The molecule has 0 saturated heterocycles. The van der Waals surface area contributed by atoms with Gasteiger partial charge in [0.05, 0.1) is 5.56 Å². The van der Waals surface area contributed by atoms with E-state index in [2.05, 4.69) is 9.97 Å². The lowest BCUT2D eigenvalue weighted by Gasteiger charge is -2.03. The van der Waals surface area contributed by atoms with Gasteiger partial charge in [0.1, 0.15) is 23.2 Å². The molecule has 0 atom stereocenters. The molecule has 1 aromatic heterocycles. The fraction of sp³-hybridized carbons (Fsp3) is 0.0833. The van der Waals surface area contributed by atoms with Crippen LogP contribution in [0.3, 0.4) is 0 Å². The summed E-state index contributed by atoms with van der Waals surface area (Å²) in [7, 11) is 0. The minimum absolute atomic E-state index is 0.0264. The highest BCUT2D eigenvalue weighted by Crippen LogP contribution is 2.15. The maximum Gasteiger partial charge on any atom is 0.217 e. The van der Waals surface area contributed by atoms with E-state index in [1.54, 1.807) is 6.92 Å². The van der Waals surface area contributed by atoms with E-state index in [0.29, 0.717) is 5.82 Å². The molecular weight excluding hydrogens is 226 g/mol. The van der Waals surface area contributed by atoms with E-state index >= 15 is 0 Å². The van der Waals surface area contributed by atoms with Gasteiger partial charge in [0.25, 0.3) is 0 Å². The van der Waals surface area contributed by atoms with Gasteiger partial charge in [-0.3, -0.25) is 4.79 Å². The largest absolute Gasteiger partial charge is 0.287 e. The van der Waals surface area contributed by atoms with Gasteiger partial charge in [0.15, 0.2) is 0 Å². The zero-order chi connectivity index (χ0) is 12.4. The molecule has 0 aliphatic rings. The third-order valence-electron chi connectivity index (χ3n) is 2.20. The first kappa shape index (κ1) is 11.3. The number of aromatic nitrogens is 2. The molecule has 0 amide bonds. The summed E-state index contributed by atoms with van der Waals surface area (Å²) < 4.78 is 26.8. The van der Waals surface area contributed by atoms with E-state index in [4.69, 9.17) is 0 Å². The maximum atomic E-state index is 13.4. The predicted molar refractivity (Wildman–Crippen MR) is 56.6 cm³/mol. The maximum absolute atomic E-state index is 13.4. The number of nitrogens with zero attached hydrogens (tertiary/aromatic N) is 2. The van der Waals surface area contributed by atoms with Crippen molar-refractivity contribution in [3.05, 3.63) is 59.2 Å². The van der Waals surface area contributed by atoms with Crippen LogP contribution in [-0.2, 0) is 0 Å². The molecule has 0 fully saturated rings. The second-order valence-corrected chi connectivity index (χ2v) is 3.41. The number of halogens is 2. The predicted octanol–water partition coefficient (Wildman–Crippen LogP) is 2.29. The Balaban J connectivity index is 2.51. The third-order valence-corrected chi connectivity index (χ3v) is 2.20. The molecule has 86 valence electrons. The van der Waals surface area contributed by atoms with Crippen LogP contribution >= 0.6 is 0 Å². The van der Waals surface area contributed by atoms with Crippen LogP contribution in [0.5, 0.6) is 0 Å². The molecule has 0 N–H and O–H groups in total. The second-order valence-electron chi connectivity index (χ2n) is 3.41. The lowest BCUT2D eigenvalue weighted by molar-refractivity contribution is 0.102. The molecule has 1 heterocycles. The van der Waals surface area contributed by atoms with Gasteiger partial charge in [-0.15, -0.1) is 0 Å². The van der Waals surface area contributed by atoms with Gasteiger partial charge in [0.2, 0.25) is 5.78 Å². The Bertz CT molecular complexity index is 564. The van der Waals surface area contributed by atoms with Gasteiger partial charge in [0, 0.05) is 6.20 Å². The summed E-state index contributed by atoms with van der Waals surface area (Å²) in [4.78, 5) is 19.5. The fourth-order valence-corrected chi connectivity index (χ4v) is 1.43. The normalized spacial score (nSPS) is 10.3. The highest BCUT2D eigenvalue weighted by molar-refractivity contribution is 6.07. The number of rotatable bonds is 2. The van der Waals surface area contributed by atoms with Crippen molar-refractivity contribution in [3.63, 3.8) is 0 Å². The van der Waals surface area contributed by atoms with Crippen LogP contribution in [0.4, 0.5) is 8.78 Å². The first-order valence-corrected chi connectivity index (χ1v) is 4.88. The quantitative estimate of drug-likeness (QED) is 0.749. The Hall–Kier alpha value is -2.17. The van der Waals surface area contributed by atoms with Crippen LogP contribution in [0, 0.1) is 18.6 Å². The van der Waals surface area contributed by atoms with Gasteiger partial charge >= 0.3 is 0 Å². The first-order valence-electron chi connectivity index (χ1n) is 4.88. The molecule has 0 radical (unpaired) electrons. The van der Waals surface area contributed by atoms with Crippen molar-refractivity contribution in [3.8, 4) is 0 Å². The van der Waals surface area contributed by atoms with E-state index in [1.807, 2.05) is 0 Å². The van der Waals surface area contributed by atoms with Crippen LogP contribution in [0.1, 0.15) is 21.9 Å². The van der Waals surface area contributed by atoms with Gasteiger partial charge in [-0.05, 0) is 25.1 Å². The number of hydrogen-bond donors (Lipinski definition) is 0. The molecule has 1 aromatic carbocycles. The highest BCUT2D eigenvalue weighted by atomic mass is 19.1. The molecule has 17 heavy (non-hydrogen) atoms. The summed E-state index contributed by atoms with van der Waals surface area (Å²) in [6.45, 7) is 1.59. The van der Waals surface area contributed by atoms with E-state index in [9.17, 15) is 13.6 Å². The smallest absolute Gasteiger partial charge is 0.217 e. The number of ketones is 1. The van der Waals surface area contributed by atoms with Gasteiger partial charge in [-0.1, -0.05) is 6.07 Å². The van der Waals surface area contributed by atoms with Crippen molar-refractivity contribution in [2.45, 2.75) is 6.92 Å². The zero-order valence-corrected chi connectivity index (χ0v) is 8.95. The highest BCUT2D eigenvalue weighted by Gasteiger charge is 2.19. The molecule has 2 aromatic rings. The number of carbonyl (C=O) groups excluding carboxylic acids is 1. The number of aryl methyl sites for hydroxylation is 1. The Labute approximate surface area is 96.2 Å². The zero-order valence-electron chi connectivity index (χ0n) is 8.95. The SMILES string of the molecule is Cc1nccc(C(=O)c2c(F)cccc2F)n1. The third kappa shape index (κ3) is 2.18. The van der Waals surface area contributed by atoms with Crippen LogP contribution < -0.4 is 0 Å². The summed E-state index contributed by atoms with van der Waals surface area (Å²) in [6.07, 6.45) is 1.37. The average molecular weight is 234 g/mol. The number of hydrogen-bond acceptors (Lipinski definition) is 3. The topological polar surface area (TPSA) is 42.9 Å². The van der Waals surface area contributed by atoms with Crippen molar-refractivity contribution in [1.82, 2.24) is 9.97 Å². The monoisotopic (exact) mass is 234 g/mol. The minimum atomic E-state index is -0.897. The summed E-state index contributed by atoms with van der Waals surface area (Å²) in [5.74, 6) is -2.21. The van der Waals surface area contributed by atoms with Crippen molar-refractivity contribution < 1.29 is 13.6 Å². The molecule has 2 rings (SSSR count). The summed E-state index contributed by atoms with van der Waals surface area (Å²) in [5, 5.41) is 0. The molecule has 3 nitrogen and oxygen atoms in total. The van der Waals surface area contributed by atoms with E-state index < -0.39 is 23.0 Å². The summed E-state index contributed by atoms with van der Waals surface area (Å²) >= 11 is 0. The van der Waals surface area contributed by atoms with Gasteiger partial charge < -0.3 is 0 Å². The summed E-state index contributed by atoms with van der Waals surface area (Å²) in [6, 6.07) is 4.59. The molecule has 0 aliphatic heterocycles. The van der Waals surface area contributed by atoms with Crippen LogP contribution in [0.2, 0.25) is 0 Å². The van der Waals surface area contributed by atoms with Crippen molar-refractivity contribution >= 4 is 5.78 Å². The first-order chi connectivity index (χ1) is 8.09. The Morgan fingerprint density at radius 3 is 2.41 bits per heavy atom. The molecule has 0 aliphatic carbocycles. The van der Waals surface area contributed by atoms with Crippen LogP contribution in [0.25, 0.3) is 0 Å². The molecule has 0 spiro atoms. The van der Waals surface area contributed by atoms with Crippen molar-refractivity contribution in [2.75, 3.05) is 0 Å². The number of carbonyl (C=O) groups is 1. The Kier molecular flexibility index (Phi) is 2.91. The van der Waals surface area contributed by atoms with Gasteiger partial charge in [-0.25, -0.2) is 18.7 Å². The minimum Gasteiger partial charge on any atom is -0.287 e. The van der Waals surface area contributed by atoms with E-state index in [-0.39, 0.29) is 5.69 Å². The van der Waals surface area contributed by atoms with Crippen molar-refractivity contribution in [1.29, 1.82) is 0 Å². The van der Waals surface area contributed by atoms with Crippen LogP contribution in [-0.4, -0.2) is 15.8 Å². The lowest BCUT2D eigenvalue weighted by atomic mass is 10.1. The number of benzene rings is 1. The summed E-state index contributed by atoms with van der Waals surface area (Å²) in [5.41, 5.74) is -0.618. The molecule has 0 saturated carbocycles. The molecule has 0 unspecified atom stereocenters. The van der Waals surface area contributed by atoms with Gasteiger partial charge in [-0.2, -0.15) is 0 Å². The second kappa shape index (κ2) is 4.37. The molecule has 0 bridgehead atoms. The van der Waals surface area contributed by atoms with E-state index in [0.717, 1.165) is 12.1 Å². The average Bonchev–Trinajstić information content (AvgIpc) is 2.28. The molecular formula is C12H8F2N2O. The Morgan fingerprint density at radius 2 is 1.82 bits per heavy atom. The Morgan fingerprint density at radius 1 is 1.18 bits per heavy atom. The van der Waals surface area contributed by atoms with Crippen LogP contribution in [0.15, 0.2) is 30.5 Å². The standard InChI is InChI=1S/C12H8F2N2O/c1-7-15-6-5-10(16-7)12(17)11-8(13)3-2-4-9(11)14/h2-6H,1H3. The lowest BCUT2D eigenvalue weighted by Crippen LogP contribution is -2.10. The molecule has 5 heteroatoms. The van der Waals surface area contributed by atoms with Crippen molar-refractivity contribution in [2.24, 2.45) is 0 Å². The van der Waals surface area contributed by atoms with E-state index in [1.165, 1.54) is 18.3 Å². The fourth-order valence-electron chi connectivity index (χ4n) is 1.43.